The summed E-state index contributed by atoms with van der Waals surface area (Å²) in [5.41, 5.74) is 3.42. The van der Waals surface area contributed by atoms with E-state index in [0.29, 0.717) is 11.7 Å². The molecular weight excluding hydrogens is 257 g/mol. The molecular formula is C14H16FN5. The lowest BCUT2D eigenvalue weighted by Gasteiger charge is -2.19. The van der Waals surface area contributed by atoms with E-state index in [9.17, 15) is 4.39 Å². The molecule has 0 amide bonds. The van der Waals surface area contributed by atoms with Crippen LogP contribution >= 0.6 is 0 Å². The van der Waals surface area contributed by atoms with Crippen molar-refractivity contribution in [2.45, 2.75) is 18.8 Å². The number of nitrogens with zero attached hydrogens (tertiary/aromatic N) is 3. The van der Waals surface area contributed by atoms with Gasteiger partial charge in [0.15, 0.2) is 0 Å². The largest absolute Gasteiger partial charge is 0.329 e. The molecule has 0 radical (unpaired) electrons. The average Bonchev–Trinajstić information content (AvgIpc) is 3.31. The molecule has 1 aliphatic rings. The molecule has 1 aromatic carbocycles. The Morgan fingerprint density at radius 3 is 2.55 bits per heavy atom. The van der Waals surface area contributed by atoms with Crippen LogP contribution in [-0.4, -0.2) is 17.0 Å². The molecule has 0 spiro atoms. The van der Waals surface area contributed by atoms with Crippen molar-refractivity contribution in [2.75, 3.05) is 17.4 Å². The Morgan fingerprint density at radius 2 is 1.95 bits per heavy atom. The number of hydrazine groups is 1. The first-order chi connectivity index (χ1) is 9.67. The number of nitrogens with two attached hydrogens (primary N) is 1. The minimum Gasteiger partial charge on any atom is -0.329 e. The highest BCUT2D eigenvalue weighted by atomic mass is 19.1. The molecule has 1 heterocycles. The Balaban J connectivity index is 1.95. The molecule has 3 rings (SSSR count). The van der Waals surface area contributed by atoms with Crippen molar-refractivity contribution >= 4 is 17.3 Å². The van der Waals surface area contributed by atoms with E-state index < -0.39 is 0 Å². The van der Waals surface area contributed by atoms with Crippen LogP contribution in [0.1, 0.15) is 24.6 Å². The Kier molecular flexibility index (Phi) is 3.23. The number of nitrogen functional groups attached to an aromatic ring is 1. The van der Waals surface area contributed by atoms with Gasteiger partial charge >= 0.3 is 0 Å². The maximum atomic E-state index is 13.0. The van der Waals surface area contributed by atoms with Gasteiger partial charge in [0.1, 0.15) is 23.3 Å². The normalized spacial score (nSPS) is 14.2. The summed E-state index contributed by atoms with van der Waals surface area (Å²) in [5, 5.41) is 0. The van der Waals surface area contributed by atoms with Gasteiger partial charge in [-0.2, -0.15) is 0 Å². The summed E-state index contributed by atoms with van der Waals surface area (Å²) in [5.74, 6) is 7.77. The Labute approximate surface area is 116 Å². The number of benzene rings is 1. The molecule has 0 aliphatic heterocycles. The maximum absolute atomic E-state index is 13.0. The summed E-state index contributed by atoms with van der Waals surface area (Å²) < 4.78 is 13.0. The minimum absolute atomic E-state index is 0.257. The van der Waals surface area contributed by atoms with Crippen LogP contribution in [0, 0.1) is 5.82 Å². The zero-order chi connectivity index (χ0) is 14.1. The molecule has 2 aromatic rings. The van der Waals surface area contributed by atoms with Gasteiger partial charge in [0, 0.05) is 24.7 Å². The number of nitrogens with one attached hydrogen (secondary N) is 1. The van der Waals surface area contributed by atoms with Gasteiger partial charge in [0.05, 0.1) is 0 Å². The standard InChI is InChI=1S/C14H16FN5/c1-20(11-6-4-10(15)5-7-11)13-8-12(19-16)17-14(18-13)9-2-3-9/h4-9H,2-3,16H2,1H3,(H,17,18,19). The Bertz CT molecular complexity index is 609. The van der Waals surface area contributed by atoms with Gasteiger partial charge in [-0.15, -0.1) is 0 Å². The van der Waals surface area contributed by atoms with Crippen molar-refractivity contribution in [1.29, 1.82) is 0 Å². The van der Waals surface area contributed by atoms with Gasteiger partial charge in [0.25, 0.3) is 0 Å². The molecule has 104 valence electrons. The lowest BCUT2D eigenvalue weighted by atomic mass is 10.3. The highest BCUT2D eigenvalue weighted by Crippen LogP contribution is 2.39. The van der Waals surface area contributed by atoms with Gasteiger partial charge < -0.3 is 10.3 Å². The lowest BCUT2D eigenvalue weighted by Crippen LogP contribution is -2.16. The van der Waals surface area contributed by atoms with Crippen LogP contribution in [0.2, 0.25) is 0 Å². The number of aromatic nitrogens is 2. The molecule has 6 heteroatoms. The molecule has 0 saturated heterocycles. The summed E-state index contributed by atoms with van der Waals surface area (Å²) in [4.78, 5) is 10.8. The lowest BCUT2D eigenvalue weighted by molar-refractivity contribution is 0.628. The summed E-state index contributed by atoms with van der Waals surface area (Å²) in [6.45, 7) is 0. The zero-order valence-corrected chi connectivity index (χ0v) is 11.2. The Morgan fingerprint density at radius 1 is 1.25 bits per heavy atom. The second-order valence-electron chi connectivity index (χ2n) is 4.92. The second kappa shape index (κ2) is 5.05. The van der Waals surface area contributed by atoms with Crippen molar-refractivity contribution < 1.29 is 4.39 Å². The third-order valence-electron chi connectivity index (χ3n) is 3.38. The highest BCUT2D eigenvalue weighted by Gasteiger charge is 2.27. The SMILES string of the molecule is CN(c1ccc(F)cc1)c1cc(NN)nc(C2CC2)n1. The molecule has 5 nitrogen and oxygen atoms in total. The van der Waals surface area contributed by atoms with Crippen molar-refractivity contribution in [2.24, 2.45) is 5.84 Å². The van der Waals surface area contributed by atoms with Crippen LogP contribution in [0.15, 0.2) is 30.3 Å². The van der Waals surface area contributed by atoms with Crippen molar-refractivity contribution in [3.8, 4) is 0 Å². The Hall–Kier alpha value is -2.21. The molecule has 1 fully saturated rings. The van der Waals surface area contributed by atoms with Gasteiger partial charge in [-0.05, 0) is 37.1 Å². The summed E-state index contributed by atoms with van der Waals surface area (Å²) >= 11 is 0. The van der Waals surface area contributed by atoms with Gasteiger partial charge in [-0.1, -0.05) is 0 Å². The molecule has 1 aliphatic carbocycles. The fraction of sp³-hybridized carbons (Fsp3) is 0.286. The fourth-order valence-corrected chi connectivity index (χ4v) is 2.02. The second-order valence-corrected chi connectivity index (χ2v) is 4.92. The van der Waals surface area contributed by atoms with Crippen LogP contribution in [0.25, 0.3) is 0 Å². The molecule has 1 aromatic heterocycles. The smallest absolute Gasteiger partial charge is 0.145 e. The molecule has 0 atom stereocenters. The summed E-state index contributed by atoms with van der Waals surface area (Å²) in [7, 11) is 1.88. The number of hydrogen-bond donors (Lipinski definition) is 2. The van der Waals surface area contributed by atoms with E-state index in [0.717, 1.165) is 30.2 Å². The summed E-state index contributed by atoms with van der Waals surface area (Å²) in [6.07, 6.45) is 2.24. The van der Waals surface area contributed by atoms with Crippen molar-refractivity contribution in [1.82, 2.24) is 9.97 Å². The molecule has 0 bridgehead atoms. The number of rotatable bonds is 4. The van der Waals surface area contributed by atoms with Crippen LogP contribution in [0.4, 0.5) is 21.7 Å². The van der Waals surface area contributed by atoms with Gasteiger partial charge in [0.2, 0.25) is 0 Å². The highest BCUT2D eigenvalue weighted by molar-refractivity contribution is 5.61. The van der Waals surface area contributed by atoms with E-state index in [4.69, 9.17) is 5.84 Å². The van der Waals surface area contributed by atoms with Crippen molar-refractivity contribution in [3.05, 3.63) is 42.0 Å². The van der Waals surface area contributed by atoms with E-state index >= 15 is 0 Å². The van der Waals surface area contributed by atoms with Crippen molar-refractivity contribution in [3.63, 3.8) is 0 Å². The topological polar surface area (TPSA) is 67.1 Å². The first kappa shape index (κ1) is 12.8. The van der Waals surface area contributed by atoms with E-state index in [1.165, 1.54) is 12.1 Å². The molecule has 1 saturated carbocycles. The predicted octanol–water partition coefficient (Wildman–Crippen LogP) is 2.55. The quantitative estimate of drug-likeness (QED) is 0.662. The van der Waals surface area contributed by atoms with Crippen LogP contribution in [0.3, 0.4) is 0 Å². The molecule has 0 unspecified atom stereocenters. The maximum Gasteiger partial charge on any atom is 0.145 e. The van der Waals surface area contributed by atoms with Crippen LogP contribution in [-0.2, 0) is 0 Å². The van der Waals surface area contributed by atoms with Crippen LogP contribution < -0.4 is 16.2 Å². The third kappa shape index (κ3) is 2.55. The van der Waals surface area contributed by atoms with E-state index in [1.54, 1.807) is 18.2 Å². The fourth-order valence-electron chi connectivity index (χ4n) is 2.02. The number of hydrogen-bond acceptors (Lipinski definition) is 5. The number of anilines is 3. The zero-order valence-electron chi connectivity index (χ0n) is 11.2. The van der Waals surface area contributed by atoms with E-state index in [1.807, 2.05) is 11.9 Å². The van der Waals surface area contributed by atoms with E-state index in [2.05, 4.69) is 15.4 Å². The minimum atomic E-state index is -0.257. The average molecular weight is 273 g/mol. The monoisotopic (exact) mass is 273 g/mol. The first-order valence-electron chi connectivity index (χ1n) is 6.52. The number of halogens is 1. The summed E-state index contributed by atoms with van der Waals surface area (Å²) in [6, 6.07) is 8.05. The molecule has 3 N–H and O–H groups in total. The predicted molar refractivity (Wildman–Crippen MR) is 76.3 cm³/mol. The van der Waals surface area contributed by atoms with Gasteiger partial charge in [-0.3, -0.25) is 0 Å². The van der Waals surface area contributed by atoms with Gasteiger partial charge in [-0.25, -0.2) is 20.2 Å². The third-order valence-corrected chi connectivity index (χ3v) is 3.38. The van der Waals surface area contributed by atoms with Crippen LogP contribution in [0.5, 0.6) is 0 Å². The first-order valence-corrected chi connectivity index (χ1v) is 6.52. The molecule has 20 heavy (non-hydrogen) atoms. The van der Waals surface area contributed by atoms with E-state index in [-0.39, 0.29) is 5.82 Å².